The zero-order chi connectivity index (χ0) is 3.41. The van der Waals surface area contributed by atoms with Gasteiger partial charge in [-0.25, -0.2) is 0 Å². The van der Waals surface area contributed by atoms with E-state index in [1.807, 2.05) is 0 Å². The van der Waals surface area contributed by atoms with E-state index in [-0.39, 0.29) is 95.8 Å². The molecule has 0 nitrogen and oxygen atoms in total. The van der Waals surface area contributed by atoms with Gasteiger partial charge in [-0.15, -0.1) is 0 Å². The van der Waals surface area contributed by atoms with Crippen molar-refractivity contribution in [2.75, 3.05) is 0 Å². The Balaban J connectivity index is -0.00000000750. The van der Waals surface area contributed by atoms with Crippen molar-refractivity contribution in [3.63, 3.8) is 0 Å². The third kappa shape index (κ3) is 36.1. The second kappa shape index (κ2) is 32.4. The van der Waals surface area contributed by atoms with E-state index in [0.717, 1.165) is 0 Å². The van der Waals surface area contributed by atoms with Crippen LogP contribution in [0.3, 0.4) is 0 Å². The monoisotopic (exact) mass is 559 g/mol. The molecule has 0 aliphatic carbocycles. The fourth-order valence-corrected chi connectivity index (χ4v) is 0. The van der Waals surface area contributed by atoms with E-state index in [1.165, 1.54) is 12.8 Å². The van der Waals surface area contributed by atoms with Crippen LogP contribution in [0.5, 0.6) is 0 Å². The van der Waals surface area contributed by atoms with Crippen molar-refractivity contribution in [3.8, 4) is 0 Å². The normalized spacial score (nSPS) is 3.75. The molecule has 0 saturated heterocycles. The predicted octanol–water partition coefficient (Wildman–Crippen LogP) is -7.56. The van der Waals surface area contributed by atoms with E-state index >= 15 is 0 Å². The van der Waals surface area contributed by atoms with Gasteiger partial charge in [-0.2, -0.15) is 0 Å². The zero-order valence-electron chi connectivity index (χ0n) is 5.05. The van der Waals surface area contributed by atoms with Gasteiger partial charge in [-0.3, -0.25) is 0 Å². The van der Waals surface area contributed by atoms with Crippen molar-refractivity contribution in [3.05, 3.63) is 0 Å². The maximum atomic E-state index is 2.18. The molecule has 0 bridgehead atoms. The van der Waals surface area contributed by atoms with Gasteiger partial charge < -0.3 is 71.9 Å². The fraction of sp³-hybridized carbons (Fsp3) is 1.00. The molecule has 0 amide bonds. The molecule has 0 rings (SSSR count). The van der Waals surface area contributed by atoms with Crippen LogP contribution in [0.1, 0.15) is 26.7 Å². The fourth-order valence-electron chi connectivity index (χ4n) is 0. The summed E-state index contributed by atoms with van der Waals surface area (Å²) in [5.41, 5.74) is 0. The van der Waals surface area contributed by atoms with Gasteiger partial charge >= 0.3 is 0 Å². The van der Waals surface area contributed by atoms with E-state index in [1.54, 1.807) is 0 Å². The zero-order valence-corrected chi connectivity index (χ0v) is 14.4. The molecule has 0 spiro atoms. The molecule has 0 heterocycles. The average molecular weight is 558 g/mol. The van der Waals surface area contributed by atoms with E-state index in [9.17, 15) is 0 Å². The largest absolute Gasteiger partial charge is 1.00 e. The molecule has 0 aromatic carbocycles. The second-order valence-electron chi connectivity index (χ2n) is 1.000. The number of halogens is 3. The summed E-state index contributed by atoms with van der Waals surface area (Å²) in [5.74, 6) is 0. The number of rotatable bonds is 1. The van der Waals surface area contributed by atoms with Crippen LogP contribution in [0.25, 0.3) is 0 Å². The van der Waals surface area contributed by atoms with Crippen LogP contribution in [0.2, 0.25) is 0 Å². The first kappa shape index (κ1) is 30.6. The molecule has 4 radical (unpaired) electrons. The van der Waals surface area contributed by atoms with Crippen LogP contribution in [0, 0.1) is 0 Å². The van der Waals surface area contributed by atoms with E-state index in [4.69, 9.17) is 0 Å². The number of hydrogen-bond acceptors (Lipinski definition) is 0. The van der Waals surface area contributed by atoms with Gasteiger partial charge in [0.25, 0.3) is 0 Å². The Hall–Kier alpha value is 2.99. The predicted molar refractivity (Wildman–Crippen MR) is 26.3 cm³/mol. The molecule has 54 valence electrons. The second-order valence-corrected chi connectivity index (χ2v) is 1.000. The molecule has 0 saturated carbocycles. The molecule has 0 N–H and O–H groups in total. The summed E-state index contributed by atoms with van der Waals surface area (Å²) in [4.78, 5) is 0. The number of hydrogen-bond donors (Lipinski definition) is 0. The Kier molecular flexibility index (Phi) is 124. The summed E-state index contributed by atoms with van der Waals surface area (Å²) in [6.45, 7) is 4.36. The SMILES string of the molecule is CCCC.[I-].[I-].[I-].[Sn]. The van der Waals surface area contributed by atoms with E-state index < -0.39 is 0 Å². The summed E-state index contributed by atoms with van der Waals surface area (Å²) >= 11 is 0. The minimum Gasteiger partial charge on any atom is -1.00 e. The Labute approximate surface area is 120 Å². The molecule has 0 atom stereocenters. The molecule has 0 aliphatic rings. The minimum atomic E-state index is 0. The molecule has 0 aromatic rings. The Morgan fingerprint density at radius 2 is 0.875 bits per heavy atom. The molecule has 4 heteroatoms. The average Bonchev–Trinajstić information content (AvgIpc) is 1.37. The van der Waals surface area contributed by atoms with Gasteiger partial charge in [-0.05, 0) is 0 Å². The minimum absolute atomic E-state index is 0. The van der Waals surface area contributed by atoms with E-state index in [2.05, 4.69) is 13.8 Å². The molecule has 8 heavy (non-hydrogen) atoms. The van der Waals surface area contributed by atoms with Crippen molar-refractivity contribution >= 4 is 23.9 Å². The molecular formula is C4H10I3Sn-3. The molecule has 0 fully saturated rings. The quantitative estimate of drug-likeness (QED) is 0.222. The first-order valence-corrected chi connectivity index (χ1v) is 1.91. The topological polar surface area (TPSA) is 0 Å². The summed E-state index contributed by atoms with van der Waals surface area (Å²) in [5, 5.41) is 0. The molecule has 0 unspecified atom stereocenters. The van der Waals surface area contributed by atoms with Crippen LogP contribution in [-0.4, -0.2) is 23.9 Å². The van der Waals surface area contributed by atoms with E-state index in [0.29, 0.717) is 0 Å². The Bertz CT molecular complexity index is 13.2. The molecule has 0 aliphatic heterocycles. The first-order chi connectivity index (χ1) is 1.91. The van der Waals surface area contributed by atoms with Crippen molar-refractivity contribution in [2.45, 2.75) is 26.7 Å². The van der Waals surface area contributed by atoms with Crippen molar-refractivity contribution in [1.82, 2.24) is 0 Å². The van der Waals surface area contributed by atoms with Gasteiger partial charge in [0.05, 0.1) is 0 Å². The summed E-state index contributed by atoms with van der Waals surface area (Å²) in [6, 6.07) is 0. The maximum absolute atomic E-state index is 2.18. The standard InChI is InChI=1S/C4H10.3HI.Sn/c1-3-4-2;;;;/h3-4H2,1-2H3;3*1H;/p-3. The van der Waals surface area contributed by atoms with Crippen LogP contribution in [0.15, 0.2) is 0 Å². The number of unbranched alkanes of at least 4 members (excludes halogenated alkanes) is 1. The van der Waals surface area contributed by atoms with Gasteiger partial charge in [-0.1, -0.05) is 26.7 Å². The van der Waals surface area contributed by atoms with Crippen molar-refractivity contribution in [1.29, 1.82) is 0 Å². The van der Waals surface area contributed by atoms with Crippen molar-refractivity contribution < 1.29 is 71.9 Å². The Morgan fingerprint density at radius 1 is 0.750 bits per heavy atom. The summed E-state index contributed by atoms with van der Waals surface area (Å²) < 4.78 is 0. The van der Waals surface area contributed by atoms with Crippen LogP contribution < -0.4 is 71.9 Å². The maximum Gasteiger partial charge on any atom is 0 e. The van der Waals surface area contributed by atoms with Gasteiger partial charge in [0.2, 0.25) is 0 Å². The van der Waals surface area contributed by atoms with Gasteiger partial charge in [0.1, 0.15) is 0 Å². The van der Waals surface area contributed by atoms with Crippen LogP contribution in [0.4, 0.5) is 0 Å². The van der Waals surface area contributed by atoms with Crippen LogP contribution >= 0.6 is 0 Å². The first-order valence-electron chi connectivity index (χ1n) is 1.91. The molecular weight excluding hydrogens is 547 g/mol. The Morgan fingerprint density at radius 3 is 0.875 bits per heavy atom. The summed E-state index contributed by atoms with van der Waals surface area (Å²) in [7, 11) is 0. The summed E-state index contributed by atoms with van der Waals surface area (Å²) in [6.07, 6.45) is 2.64. The third-order valence-electron chi connectivity index (χ3n) is 0.500. The van der Waals surface area contributed by atoms with Crippen LogP contribution in [-0.2, 0) is 0 Å². The third-order valence-corrected chi connectivity index (χ3v) is 0.500. The van der Waals surface area contributed by atoms with Crippen molar-refractivity contribution in [2.24, 2.45) is 0 Å². The van der Waals surface area contributed by atoms with Gasteiger partial charge in [0, 0.05) is 23.9 Å². The smallest absolute Gasteiger partial charge is 0 e. The molecule has 0 aromatic heterocycles. The van der Waals surface area contributed by atoms with Gasteiger partial charge in [0.15, 0.2) is 0 Å².